The van der Waals surface area contributed by atoms with Gasteiger partial charge in [0.2, 0.25) is 0 Å². The van der Waals surface area contributed by atoms with Gasteiger partial charge in [-0.3, -0.25) is 0 Å². The molecular weight excluding hydrogens is 260 g/mol. The number of benzene rings is 1. The van der Waals surface area contributed by atoms with E-state index in [-0.39, 0.29) is 0 Å². The molecule has 21 heavy (non-hydrogen) atoms. The van der Waals surface area contributed by atoms with Crippen molar-refractivity contribution in [3.05, 3.63) is 54.1 Å². The van der Waals surface area contributed by atoms with Gasteiger partial charge in [-0.05, 0) is 25.6 Å². The number of nitrogens with one attached hydrogen (secondary N) is 1. The first-order valence-corrected chi connectivity index (χ1v) is 7.76. The van der Waals surface area contributed by atoms with Gasteiger partial charge in [-0.2, -0.15) is 0 Å². The van der Waals surface area contributed by atoms with Crippen LogP contribution in [0.2, 0.25) is 0 Å². The van der Waals surface area contributed by atoms with Crippen LogP contribution in [0.4, 0.5) is 0 Å². The summed E-state index contributed by atoms with van der Waals surface area (Å²) in [6, 6.07) is 10.7. The Morgan fingerprint density at radius 3 is 2.81 bits per heavy atom. The van der Waals surface area contributed by atoms with E-state index in [0.29, 0.717) is 5.92 Å². The normalized spacial score (nSPS) is 15.3. The van der Waals surface area contributed by atoms with E-state index < -0.39 is 0 Å². The maximum absolute atomic E-state index is 4.31. The molecule has 3 rings (SSSR count). The minimum Gasteiger partial charge on any atom is -0.334 e. The fourth-order valence-corrected chi connectivity index (χ4v) is 2.84. The molecule has 1 aliphatic rings. The van der Waals surface area contributed by atoms with Crippen LogP contribution in [-0.4, -0.2) is 41.1 Å². The van der Waals surface area contributed by atoms with Crippen molar-refractivity contribution in [2.45, 2.75) is 25.4 Å². The van der Waals surface area contributed by atoms with E-state index in [0.717, 1.165) is 39.1 Å². The zero-order valence-electron chi connectivity index (χ0n) is 12.7. The summed E-state index contributed by atoms with van der Waals surface area (Å²) in [6.45, 7) is 5.38. The summed E-state index contributed by atoms with van der Waals surface area (Å²) < 4.78 is 2.32. The Kier molecular flexibility index (Phi) is 4.68. The van der Waals surface area contributed by atoms with Crippen LogP contribution >= 0.6 is 0 Å². The SMILES string of the molecule is CN(CCCn1cncc1C1CNC1)Cc1ccccc1. The fourth-order valence-electron chi connectivity index (χ4n) is 2.84. The summed E-state index contributed by atoms with van der Waals surface area (Å²) in [6.07, 6.45) is 5.16. The molecule has 0 saturated carbocycles. The smallest absolute Gasteiger partial charge is 0.0948 e. The lowest BCUT2D eigenvalue weighted by Crippen LogP contribution is -2.40. The highest BCUT2D eigenvalue weighted by Gasteiger charge is 2.21. The first-order chi connectivity index (χ1) is 10.3. The largest absolute Gasteiger partial charge is 0.334 e. The first kappa shape index (κ1) is 14.3. The molecule has 0 bridgehead atoms. The lowest BCUT2D eigenvalue weighted by atomic mass is 10.00. The van der Waals surface area contributed by atoms with E-state index in [9.17, 15) is 0 Å². The highest BCUT2D eigenvalue weighted by molar-refractivity contribution is 5.14. The van der Waals surface area contributed by atoms with Gasteiger partial charge in [-0.15, -0.1) is 0 Å². The summed E-state index contributed by atoms with van der Waals surface area (Å²) in [5, 5.41) is 3.33. The highest BCUT2D eigenvalue weighted by Crippen LogP contribution is 2.19. The van der Waals surface area contributed by atoms with Crippen molar-refractivity contribution in [3.8, 4) is 0 Å². The predicted octanol–water partition coefficient (Wildman–Crippen LogP) is 2.09. The van der Waals surface area contributed by atoms with Crippen molar-refractivity contribution in [2.24, 2.45) is 0 Å². The Morgan fingerprint density at radius 2 is 2.10 bits per heavy atom. The first-order valence-electron chi connectivity index (χ1n) is 7.76. The third-order valence-corrected chi connectivity index (χ3v) is 4.18. The molecule has 2 heterocycles. The maximum atomic E-state index is 4.31. The van der Waals surface area contributed by atoms with Crippen molar-refractivity contribution >= 4 is 0 Å². The summed E-state index contributed by atoms with van der Waals surface area (Å²) in [4.78, 5) is 6.70. The lowest BCUT2D eigenvalue weighted by Gasteiger charge is -2.28. The van der Waals surface area contributed by atoms with Crippen LogP contribution in [0.3, 0.4) is 0 Å². The Balaban J connectivity index is 1.44. The topological polar surface area (TPSA) is 33.1 Å². The standard InChI is InChI=1S/C17H24N4/c1-20(13-15-6-3-2-4-7-15)8-5-9-21-14-19-12-17(21)16-10-18-11-16/h2-4,6-7,12,14,16,18H,5,8-11,13H2,1H3. The van der Waals surface area contributed by atoms with Gasteiger partial charge < -0.3 is 14.8 Å². The summed E-state index contributed by atoms with van der Waals surface area (Å²) >= 11 is 0. The van der Waals surface area contributed by atoms with Crippen molar-refractivity contribution in [1.82, 2.24) is 19.8 Å². The lowest BCUT2D eigenvalue weighted by molar-refractivity contribution is 0.311. The number of rotatable bonds is 7. The van der Waals surface area contributed by atoms with Gasteiger partial charge in [0.25, 0.3) is 0 Å². The minimum atomic E-state index is 0.662. The van der Waals surface area contributed by atoms with Crippen molar-refractivity contribution < 1.29 is 0 Å². The number of aryl methyl sites for hydroxylation is 1. The van der Waals surface area contributed by atoms with Crippen molar-refractivity contribution in [1.29, 1.82) is 0 Å². The van der Waals surface area contributed by atoms with Gasteiger partial charge in [-0.1, -0.05) is 30.3 Å². The van der Waals surface area contributed by atoms with Crippen LogP contribution in [0.1, 0.15) is 23.6 Å². The van der Waals surface area contributed by atoms with Gasteiger partial charge in [0.15, 0.2) is 0 Å². The zero-order chi connectivity index (χ0) is 14.5. The quantitative estimate of drug-likeness (QED) is 0.845. The number of aromatic nitrogens is 2. The third-order valence-electron chi connectivity index (χ3n) is 4.18. The Hall–Kier alpha value is -1.65. The molecule has 1 fully saturated rings. The van der Waals surface area contributed by atoms with Gasteiger partial charge in [0, 0.05) is 44.0 Å². The molecule has 0 aliphatic carbocycles. The van der Waals surface area contributed by atoms with Crippen LogP contribution in [0.15, 0.2) is 42.9 Å². The van der Waals surface area contributed by atoms with E-state index >= 15 is 0 Å². The van der Waals surface area contributed by atoms with Crippen LogP contribution in [0.5, 0.6) is 0 Å². The number of hydrogen-bond acceptors (Lipinski definition) is 3. The van der Waals surface area contributed by atoms with Gasteiger partial charge in [0.05, 0.1) is 6.33 Å². The fraction of sp³-hybridized carbons (Fsp3) is 0.471. The minimum absolute atomic E-state index is 0.662. The monoisotopic (exact) mass is 284 g/mol. The molecule has 1 aromatic carbocycles. The molecule has 112 valence electrons. The van der Waals surface area contributed by atoms with Crippen molar-refractivity contribution in [2.75, 3.05) is 26.7 Å². The molecule has 2 aromatic rings. The van der Waals surface area contributed by atoms with E-state index in [4.69, 9.17) is 0 Å². The van der Waals surface area contributed by atoms with Gasteiger partial charge >= 0.3 is 0 Å². The molecule has 0 atom stereocenters. The maximum Gasteiger partial charge on any atom is 0.0948 e. The van der Waals surface area contributed by atoms with Crippen molar-refractivity contribution in [3.63, 3.8) is 0 Å². The van der Waals surface area contributed by atoms with Crippen LogP contribution < -0.4 is 5.32 Å². The van der Waals surface area contributed by atoms with E-state index in [2.05, 4.69) is 57.1 Å². The molecule has 4 heteroatoms. The number of hydrogen-bond donors (Lipinski definition) is 1. The van der Waals surface area contributed by atoms with Gasteiger partial charge in [0.1, 0.15) is 0 Å². The van der Waals surface area contributed by atoms with Crippen LogP contribution in [0, 0.1) is 0 Å². The highest BCUT2D eigenvalue weighted by atomic mass is 15.1. The van der Waals surface area contributed by atoms with E-state index in [1.807, 2.05) is 12.5 Å². The molecule has 0 amide bonds. The van der Waals surface area contributed by atoms with Crippen LogP contribution in [-0.2, 0) is 13.1 Å². The average Bonchev–Trinajstić information content (AvgIpc) is 2.86. The molecule has 1 saturated heterocycles. The molecule has 1 aromatic heterocycles. The summed E-state index contributed by atoms with van der Waals surface area (Å²) in [7, 11) is 2.19. The Bertz CT molecular complexity index is 545. The second kappa shape index (κ2) is 6.87. The Morgan fingerprint density at radius 1 is 1.29 bits per heavy atom. The van der Waals surface area contributed by atoms with E-state index in [1.165, 1.54) is 11.3 Å². The molecular formula is C17H24N4. The molecule has 0 spiro atoms. The molecule has 4 nitrogen and oxygen atoms in total. The van der Waals surface area contributed by atoms with Gasteiger partial charge in [-0.25, -0.2) is 4.98 Å². The molecule has 1 aliphatic heterocycles. The second-order valence-electron chi connectivity index (χ2n) is 5.94. The number of nitrogens with zero attached hydrogens (tertiary/aromatic N) is 3. The Labute approximate surface area is 126 Å². The molecule has 1 N–H and O–H groups in total. The second-order valence-corrected chi connectivity index (χ2v) is 5.94. The van der Waals surface area contributed by atoms with Crippen LogP contribution in [0.25, 0.3) is 0 Å². The predicted molar refractivity (Wildman–Crippen MR) is 85.2 cm³/mol. The molecule has 0 radical (unpaired) electrons. The zero-order valence-corrected chi connectivity index (χ0v) is 12.7. The average molecular weight is 284 g/mol. The third kappa shape index (κ3) is 3.71. The van der Waals surface area contributed by atoms with E-state index in [1.54, 1.807) is 0 Å². The summed E-state index contributed by atoms with van der Waals surface area (Å²) in [5.41, 5.74) is 2.77. The molecule has 0 unspecified atom stereocenters. The number of imidazole rings is 1. The summed E-state index contributed by atoms with van der Waals surface area (Å²) in [5.74, 6) is 0.662.